The average Bonchev–Trinajstić information content (AvgIpc) is 3.24. The minimum atomic E-state index is -0.281. The summed E-state index contributed by atoms with van der Waals surface area (Å²) in [4.78, 5) is 14.9. The molecule has 2 aromatic heterocycles. The van der Waals surface area contributed by atoms with E-state index in [0.29, 0.717) is 18.8 Å². The van der Waals surface area contributed by atoms with E-state index in [1.54, 1.807) is 47.5 Å². The highest BCUT2D eigenvalue weighted by Gasteiger charge is 2.11. The van der Waals surface area contributed by atoms with Crippen LogP contribution in [-0.4, -0.2) is 39.5 Å². The number of nitrogens with one attached hydrogen (secondary N) is 1. The number of nitrogens with zero attached hydrogens (tertiary/aromatic N) is 5. The summed E-state index contributed by atoms with van der Waals surface area (Å²) >= 11 is 1.63. The number of rotatable bonds is 5. The van der Waals surface area contributed by atoms with Gasteiger partial charge in [-0.05, 0) is 31.5 Å². The maximum Gasteiger partial charge on any atom is 0.194 e. The van der Waals surface area contributed by atoms with Gasteiger partial charge in [0.15, 0.2) is 5.96 Å². The van der Waals surface area contributed by atoms with Crippen molar-refractivity contribution in [2.24, 2.45) is 4.99 Å². The molecular formula is C19H24FIN6S. The van der Waals surface area contributed by atoms with Gasteiger partial charge in [0.05, 0.1) is 22.9 Å². The summed E-state index contributed by atoms with van der Waals surface area (Å²) in [7, 11) is 3.69. The van der Waals surface area contributed by atoms with Gasteiger partial charge < -0.3 is 14.8 Å². The van der Waals surface area contributed by atoms with Crippen molar-refractivity contribution < 1.29 is 4.39 Å². The summed E-state index contributed by atoms with van der Waals surface area (Å²) in [6, 6.07) is 5.21. The third-order valence-corrected chi connectivity index (χ3v) is 5.01. The normalized spacial score (nSPS) is 11.2. The van der Waals surface area contributed by atoms with Gasteiger partial charge in [-0.15, -0.1) is 35.3 Å². The van der Waals surface area contributed by atoms with Gasteiger partial charge in [-0.3, -0.25) is 4.99 Å². The molecule has 0 atom stereocenters. The largest absolute Gasteiger partial charge is 0.352 e. The molecule has 0 saturated heterocycles. The minimum Gasteiger partial charge on any atom is -0.352 e. The highest BCUT2D eigenvalue weighted by atomic mass is 127. The molecule has 150 valence electrons. The Balaban J connectivity index is 0.00000280. The van der Waals surface area contributed by atoms with E-state index in [1.165, 1.54) is 0 Å². The molecule has 0 radical (unpaired) electrons. The zero-order valence-corrected chi connectivity index (χ0v) is 19.5. The Bertz CT molecular complexity index is 952. The van der Waals surface area contributed by atoms with Crippen molar-refractivity contribution in [3.05, 3.63) is 63.9 Å². The molecule has 0 fully saturated rings. The maximum absolute atomic E-state index is 14.5. The fourth-order valence-electron chi connectivity index (χ4n) is 2.85. The Kier molecular flexibility index (Phi) is 7.93. The van der Waals surface area contributed by atoms with Crippen LogP contribution >= 0.6 is 35.3 Å². The lowest BCUT2D eigenvalue weighted by molar-refractivity contribution is 0.470. The third-order valence-electron chi connectivity index (χ3n) is 4.19. The predicted octanol–water partition coefficient (Wildman–Crippen LogP) is 3.91. The number of aromatic nitrogens is 3. The van der Waals surface area contributed by atoms with E-state index in [1.807, 2.05) is 37.2 Å². The second-order valence-electron chi connectivity index (χ2n) is 6.24. The Morgan fingerprint density at radius 2 is 2.14 bits per heavy atom. The molecule has 0 unspecified atom stereocenters. The SMILES string of the molecule is CN=C(NCc1ccc(-n2ccnc2C)c(F)c1)N(C)Cc1csc(C)n1.I. The third kappa shape index (κ3) is 5.28. The van der Waals surface area contributed by atoms with E-state index in [2.05, 4.69) is 20.3 Å². The quantitative estimate of drug-likeness (QED) is 0.319. The zero-order valence-electron chi connectivity index (χ0n) is 16.3. The first kappa shape index (κ1) is 22.3. The molecule has 0 bridgehead atoms. The highest BCUT2D eigenvalue weighted by Crippen LogP contribution is 2.17. The van der Waals surface area contributed by atoms with Crippen molar-refractivity contribution in [2.45, 2.75) is 26.9 Å². The van der Waals surface area contributed by atoms with Crippen molar-refractivity contribution in [1.82, 2.24) is 24.8 Å². The number of aryl methyl sites for hydroxylation is 2. The molecule has 0 aliphatic heterocycles. The lowest BCUT2D eigenvalue weighted by Gasteiger charge is -2.21. The van der Waals surface area contributed by atoms with Crippen LogP contribution in [0.15, 0.2) is 41.0 Å². The van der Waals surface area contributed by atoms with Gasteiger partial charge in [0.25, 0.3) is 0 Å². The van der Waals surface area contributed by atoms with Gasteiger partial charge in [-0.25, -0.2) is 14.4 Å². The number of hydrogen-bond acceptors (Lipinski definition) is 4. The van der Waals surface area contributed by atoms with Gasteiger partial charge in [-0.2, -0.15) is 0 Å². The zero-order chi connectivity index (χ0) is 19.4. The molecule has 1 aromatic carbocycles. The van der Waals surface area contributed by atoms with Gasteiger partial charge >= 0.3 is 0 Å². The van der Waals surface area contributed by atoms with Crippen LogP contribution in [0.1, 0.15) is 22.1 Å². The molecule has 3 rings (SSSR count). The Hall–Kier alpha value is -2.01. The topological polar surface area (TPSA) is 58.3 Å². The number of halogens is 2. The Labute approximate surface area is 185 Å². The van der Waals surface area contributed by atoms with Crippen LogP contribution in [0.3, 0.4) is 0 Å². The lowest BCUT2D eigenvalue weighted by atomic mass is 10.2. The van der Waals surface area contributed by atoms with Crippen molar-refractivity contribution in [2.75, 3.05) is 14.1 Å². The summed E-state index contributed by atoms with van der Waals surface area (Å²) in [5.41, 5.74) is 2.34. The fraction of sp³-hybridized carbons (Fsp3) is 0.316. The molecule has 6 nitrogen and oxygen atoms in total. The van der Waals surface area contributed by atoms with Crippen molar-refractivity contribution in [1.29, 1.82) is 0 Å². The molecule has 0 aliphatic rings. The van der Waals surface area contributed by atoms with Crippen LogP contribution in [-0.2, 0) is 13.1 Å². The monoisotopic (exact) mass is 514 g/mol. The molecular weight excluding hydrogens is 490 g/mol. The summed E-state index contributed by atoms with van der Waals surface area (Å²) in [6.07, 6.45) is 3.41. The van der Waals surface area contributed by atoms with E-state index in [0.717, 1.165) is 28.0 Å². The number of thiazole rings is 1. The molecule has 0 aliphatic carbocycles. The smallest absolute Gasteiger partial charge is 0.194 e. The summed E-state index contributed by atoms with van der Waals surface area (Å²) in [5, 5.41) is 6.36. The van der Waals surface area contributed by atoms with Gasteiger partial charge in [0.1, 0.15) is 11.6 Å². The van der Waals surface area contributed by atoms with Gasteiger partial charge in [0, 0.05) is 38.4 Å². The predicted molar refractivity (Wildman–Crippen MR) is 122 cm³/mol. The molecule has 9 heteroatoms. The van der Waals surface area contributed by atoms with E-state index < -0.39 is 0 Å². The maximum atomic E-state index is 14.5. The van der Waals surface area contributed by atoms with Crippen LogP contribution in [0.2, 0.25) is 0 Å². The van der Waals surface area contributed by atoms with Crippen molar-refractivity contribution >= 4 is 41.3 Å². The van der Waals surface area contributed by atoms with Crippen LogP contribution in [0, 0.1) is 19.7 Å². The fourth-order valence-corrected chi connectivity index (χ4v) is 3.46. The number of imidazole rings is 1. The molecule has 3 aromatic rings. The average molecular weight is 514 g/mol. The van der Waals surface area contributed by atoms with Crippen LogP contribution in [0.5, 0.6) is 0 Å². The number of aliphatic imine (C=N–C) groups is 1. The molecule has 28 heavy (non-hydrogen) atoms. The second-order valence-corrected chi connectivity index (χ2v) is 7.31. The van der Waals surface area contributed by atoms with E-state index >= 15 is 0 Å². The lowest BCUT2D eigenvalue weighted by Crippen LogP contribution is -2.38. The number of benzene rings is 1. The van der Waals surface area contributed by atoms with E-state index in [4.69, 9.17) is 0 Å². The number of guanidine groups is 1. The second kappa shape index (κ2) is 9.97. The summed E-state index contributed by atoms with van der Waals surface area (Å²) < 4.78 is 16.3. The molecule has 0 saturated carbocycles. The van der Waals surface area contributed by atoms with E-state index in [9.17, 15) is 4.39 Å². The first-order chi connectivity index (χ1) is 13.0. The summed E-state index contributed by atoms with van der Waals surface area (Å²) in [5.74, 6) is 1.20. The molecule has 0 spiro atoms. The van der Waals surface area contributed by atoms with E-state index in [-0.39, 0.29) is 29.8 Å². The molecule has 2 heterocycles. The first-order valence-electron chi connectivity index (χ1n) is 8.59. The van der Waals surface area contributed by atoms with Crippen LogP contribution in [0.25, 0.3) is 5.69 Å². The van der Waals surface area contributed by atoms with Crippen LogP contribution in [0.4, 0.5) is 4.39 Å². The Morgan fingerprint density at radius 3 is 2.71 bits per heavy atom. The highest BCUT2D eigenvalue weighted by molar-refractivity contribution is 14.0. The number of hydrogen-bond donors (Lipinski definition) is 1. The summed E-state index contributed by atoms with van der Waals surface area (Å²) in [6.45, 7) is 4.98. The standard InChI is InChI=1S/C19H23FN6S.HI/c1-13-22-7-8-26(13)18-6-5-15(9-17(18)20)10-23-19(21-3)25(4)11-16-12-27-14(2)24-16;/h5-9,12H,10-11H2,1-4H3,(H,21,23);1H. The first-order valence-corrected chi connectivity index (χ1v) is 9.47. The molecule has 0 amide bonds. The molecule has 1 N–H and O–H groups in total. The van der Waals surface area contributed by atoms with Gasteiger partial charge in [0.2, 0.25) is 0 Å². The minimum absolute atomic E-state index is 0. The van der Waals surface area contributed by atoms with Crippen molar-refractivity contribution in [3.8, 4) is 5.69 Å². The Morgan fingerprint density at radius 1 is 1.36 bits per heavy atom. The van der Waals surface area contributed by atoms with Crippen LogP contribution < -0.4 is 5.32 Å². The van der Waals surface area contributed by atoms with Gasteiger partial charge in [-0.1, -0.05) is 6.07 Å². The van der Waals surface area contributed by atoms with Crippen molar-refractivity contribution in [3.63, 3.8) is 0 Å².